The molecule has 2 aliphatic carbocycles. The normalized spacial score (nSPS) is 25.5. The van der Waals surface area contributed by atoms with Crippen LogP contribution in [0.5, 0.6) is 0 Å². The number of nitriles is 1. The van der Waals surface area contributed by atoms with Crippen LogP contribution in [-0.4, -0.2) is 17.1 Å². The largest absolute Gasteiger partial charge is 0.365 e. The third-order valence-corrected chi connectivity index (χ3v) is 4.81. The molecule has 0 bridgehead atoms. The van der Waals surface area contributed by atoms with Crippen molar-refractivity contribution in [3.8, 4) is 6.07 Å². The standard InChI is InChI=1S/C17H24N4/c18-11-13-10-12-6-4-5-8-15(12)20-17(13)21-16-9-3-1-2-7-14(16)19/h10,14,16H,1-9,19H2,(H,20,21). The predicted octanol–water partition coefficient (Wildman–Crippen LogP) is 2.90. The second-order valence-electron chi connectivity index (χ2n) is 6.36. The number of nitrogens with one attached hydrogen (secondary N) is 1. The van der Waals surface area contributed by atoms with Crippen LogP contribution in [0, 0.1) is 11.3 Å². The van der Waals surface area contributed by atoms with E-state index in [1.165, 1.54) is 43.4 Å². The Hall–Kier alpha value is -1.60. The number of pyridine rings is 1. The quantitative estimate of drug-likeness (QED) is 0.819. The van der Waals surface area contributed by atoms with E-state index in [1.54, 1.807) is 0 Å². The highest BCUT2D eigenvalue weighted by Gasteiger charge is 2.23. The van der Waals surface area contributed by atoms with Crippen LogP contribution in [0.25, 0.3) is 0 Å². The summed E-state index contributed by atoms with van der Waals surface area (Å²) in [6.07, 6.45) is 10.3. The highest BCUT2D eigenvalue weighted by Crippen LogP contribution is 2.26. The molecular weight excluding hydrogens is 260 g/mol. The van der Waals surface area contributed by atoms with Crippen LogP contribution in [0.3, 0.4) is 0 Å². The summed E-state index contributed by atoms with van der Waals surface area (Å²) in [5.74, 6) is 0.750. The second-order valence-corrected chi connectivity index (χ2v) is 6.36. The number of aromatic nitrogens is 1. The molecule has 2 atom stereocenters. The molecule has 2 unspecified atom stereocenters. The third-order valence-electron chi connectivity index (χ3n) is 4.81. The van der Waals surface area contributed by atoms with Crippen molar-refractivity contribution in [2.45, 2.75) is 69.9 Å². The number of nitrogens with zero attached hydrogens (tertiary/aromatic N) is 2. The maximum Gasteiger partial charge on any atom is 0.144 e. The van der Waals surface area contributed by atoms with Gasteiger partial charge in [0.2, 0.25) is 0 Å². The lowest BCUT2D eigenvalue weighted by Crippen LogP contribution is -2.39. The minimum Gasteiger partial charge on any atom is -0.365 e. The van der Waals surface area contributed by atoms with Gasteiger partial charge in [0.1, 0.15) is 11.9 Å². The molecule has 3 N–H and O–H groups in total. The van der Waals surface area contributed by atoms with Crippen molar-refractivity contribution in [1.82, 2.24) is 4.98 Å². The summed E-state index contributed by atoms with van der Waals surface area (Å²) in [6.45, 7) is 0. The van der Waals surface area contributed by atoms with Crippen molar-refractivity contribution in [2.24, 2.45) is 5.73 Å². The number of nitrogens with two attached hydrogens (primary N) is 1. The summed E-state index contributed by atoms with van der Waals surface area (Å²) < 4.78 is 0. The van der Waals surface area contributed by atoms with Crippen LogP contribution in [-0.2, 0) is 12.8 Å². The molecule has 2 aliphatic rings. The zero-order valence-corrected chi connectivity index (χ0v) is 12.6. The van der Waals surface area contributed by atoms with Crippen LogP contribution >= 0.6 is 0 Å². The third kappa shape index (κ3) is 3.19. The fourth-order valence-electron chi connectivity index (χ4n) is 3.52. The van der Waals surface area contributed by atoms with E-state index in [9.17, 15) is 5.26 Å². The maximum absolute atomic E-state index is 9.41. The fourth-order valence-corrected chi connectivity index (χ4v) is 3.52. The zero-order chi connectivity index (χ0) is 14.7. The minimum absolute atomic E-state index is 0.164. The van der Waals surface area contributed by atoms with Crippen LogP contribution in [0.2, 0.25) is 0 Å². The molecule has 0 spiro atoms. The summed E-state index contributed by atoms with van der Waals surface area (Å²) in [6, 6.07) is 4.74. The Balaban J connectivity index is 1.85. The molecule has 1 heterocycles. The van der Waals surface area contributed by atoms with Gasteiger partial charge in [-0.1, -0.05) is 19.3 Å². The van der Waals surface area contributed by atoms with Crippen molar-refractivity contribution >= 4 is 5.82 Å². The van der Waals surface area contributed by atoms with E-state index >= 15 is 0 Å². The van der Waals surface area contributed by atoms with Crippen LogP contribution in [0.15, 0.2) is 6.07 Å². The van der Waals surface area contributed by atoms with E-state index in [2.05, 4.69) is 11.4 Å². The Bertz CT molecular complexity index is 546. The van der Waals surface area contributed by atoms with Gasteiger partial charge in [0.25, 0.3) is 0 Å². The first-order valence-corrected chi connectivity index (χ1v) is 8.23. The average molecular weight is 284 g/mol. The number of fused-ring (bicyclic) bond motifs is 1. The highest BCUT2D eigenvalue weighted by atomic mass is 15.0. The van der Waals surface area contributed by atoms with Crippen LogP contribution in [0.4, 0.5) is 5.82 Å². The first-order valence-electron chi connectivity index (χ1n) is 8.23. The first kappa shape index (κ1) is 14.3. The van der Waals surface area contributed by atoms with Crippen molar-refractivity contribution in [2.75, 3.05) is 5.32 Å². The van der Waals surface area contributed by atoms with E-state index in [0.717, 1.165) is 31.5 Å². The van der Waals surface area contributed by atoms with Gasteiger partial charge in [-0.05, 0) is 50.2 Å². The predicted molar refractivity (Wildman–Crippen MR) is 84.1 cm³/mol. The molecule has 1 saturated carbocycles. The van der Waals surface area contributed by atoms with Gasteiger partial charge in [-0.15, -0.1) is 0 Å². The molecule has 3 rings (SSSR count). The molecule has 4 nitrogen and oxygen atoms in total. The number of rotatable bonds is 2. The summed E-state index contributed by atoms with van der Waals surface area (Å²) >= 11 is 0. The van der Waals surface area contributed by atoms with Gasteiger partial charge in [0.05, 0.1) is 5.56 Å². The van der Waals surface area contributed by atoms with E-state index < -0.39 is 0 Å². The number of hydrogen-bond acceptors (Lipinski definition) is 4. The molecule has 0 saturated heterocycles. The Morgan fingerprint density at radius 1 is 1.14 bits per heavy atom. The van der Waals surface area contributed by atoms with E-state index in [-0.39, 0.29) is 12.1 Å². The lowest BCUT2D eigenvalue weighted by Gasteiger charge is -2.25. The van der Waals surface area contributed by atoms with E-state index in [0.29, 0.717) is 5.56 Å². The SMILES string of the molecule is N#Cc1cc2c(nc1NC1CCCCCC1N)CCCC2. The summed E-state index contributed by atoms with van der Waals surface area (Å²) in [7, 11) is 0. The number of hydrogen-bond donors (Lipinski definition) is 2. The molecule has 112 valence electrons. The van der Waals surface area contributed by atoms with Gasteiger partial charge in [-0.25, -0.2) is 4.98 Å². The van der Waals surface area contributed by atoms with Gasteiger partial charge < -0.3 is 11.1 Å². The molecule has 0 aliphatic heterocycles. The van der Waals surface area contributed by atoms with Gasteiger partial charge in [0, 0.05) is 17.8 Å². The maximum atomic E-state index is 9.41. The van der Waals surface area contributed by atoms with Crippen LogP contribution < -0.4 is 11.1 Å². The van der Waals surface area contributed by atoms with E-state index in [1.807, 2.05) is 6.07 Å². The second kappa shape index (κ2) is 6.44. The summed E-state index contributed by atoms with van der Waals surface area (Å²) in [5.41, 5.74) is 9.39. The molecule has 1 fully saturated rings. The molecule has 0 aromatic carbocycles. The number of anilines is 1. The Kier molecular flexibility index (Phi) is 4.40. The molecular formula is C17H24N4. The zero-order valence-electron chi connectivity index (χ0n) is 12.6. The molecule has 1 aromatic rings. The molecule has 1 aromatic heterocycles. The Morgan fingerprint density at radius 2 is 1.95 bits per heavy atom. The molecule has 21 heavy (non-hydrogen) atoms. The monoisotopic (exact) mass is 284 g/mol. The summed E-state index contributed by atoms with van der Waals surface area (Å²) in [5, 5.41) is 12.9. The lowest BCUT2D eigenvalue weighted by atomic mass is 9.94. The van der Waals surface area contributed by atoms with Gasteiger partial charge in [-0.2, -0.15) is 5.26 Å². The molecule has 4 heteroatoms. The van der Waals surface area contributed by atoms with Gasteiger partial charge in [0.15, 0.2) is 0 Å². The smallest absolute Gasteiger partial charge is 0.144 e. The fraction of sp³-hybridized carbons (Fsp3) is 0.647. The lowest BCUT2D eigenvalue weighted by molar-refractivity contribution is 0.526. The minimum atomic E-state index is 0.164. The van der Waals surface area contributed by atoms with Gasteiger partial charge >= 0.3 is 0 Å². The van der Waals surface area contributed by atoms with Crippen molar-refractivity contribution in [3.63, 3.8) is 0 Å². The molecule has 0 radical (unpaired) electrons. The van der Waals surface area contributed by atoms with Gasteiger partial charge in [-0.3, -0.25) is 0 Å². The summed E-state index contributed by atoms with van der Waals surface area (Å²) in [4.78, 5) is 4.75. The number of aryl methyl sites for hydroxylation is 2. The Labute approximate surface area is 126 Å². The van der Waals surface area contributed by atoms with Crippen molar-refractivity contribution in [1.29, 1.82) is 5.26 Å². The molecule has 0 amide bonds. The average Bonchev–Trinajstić information content (AvgIpc) is 2.71. The topological polar surface area (TPSA) is 74.7 Å². The highest BCUT2D eigenvalue weighted by molar-refractivity contribution is 5.55. The van der Waals surface area contributed by atoms with Crippen LogP contribution in [0.1, 0.15) is 61.8 Å². The van der Waals surface area contributed by atoms with Crippen molar-refractivity contribution in [3.05, 3.63) is 22.9 Å². The van der Waals surface area contributed by atoms with E-state index in [4.69, 9.17) is 10.7 Å². The van der Waals surface area contributed by atoms with Crippen molar-refractivity contribution < 1.29 is 0 Å². The first-order chi connectivity index (χ1) is 10.3. The Morgan fingerprint density at radius 3 is 2.81 bits per heavy atom.